The molecule has 5 nitrogen and oxygen atoms in total. The van der Waals surface area contributed by atoms with E-state index in [9.17, 15) is 5.11 Å². The van der Waals surface area contributed by atoms with E-state index in [0.717, 1.165) is 74.3 Å². The van der Waals surface area contributed by atoms with Crippen LogP contribution >= 0.6 is 0 Å². The van der Waals surface area contributed by atoms with E-state index in [1.54, 1.807) is 13.0 Å². The van der Waals surface area contributed by atoms with Crippen molar-refractivity contribution in [2.75, 3.05) is 26.2 Å². The third-order valence-electron chi connectivity index (χ3n) is 13.9. The van der Waals surface area contributed by atoms with Crippen molar-refractivity contribution >= 4 is 16.6 Å². The highest BCUT2D eigenvalue weighted by molar-refractivity contribution is 5.98. The van der Waals surface area contributed by atoms with Crippen molar-refractivity contribution < 1.29 is 13.9 Å². The van der Waals surface area contributed by atoms with Crippen LogP contribution in [0.1, 0.15) is 102 Å². The molecular weight excluding hydrogens is 578 g/mol. The number of hydrogen-bond donors (Lipinski definition) is 1. The molecule has 6 atom stereocenters. The second kappa shape index (κ2) is 9.88. The smallest absolute Gasteiger partial charge is 0.252 e. The van der Waals surface area contributed by atoms with Gasteiger partial charge in [-0.15, -0.1) is 0 Å². The standard InChI is InChI=1S/C39H48F2N4O/c1-4-37-15-7-20-44-22-18-38(35(37)44)23-29(42-32(38)13-17-37)28(12-11-25(2)46)31-24-39(36(3,40)41)16-8-19-43-21-14-27-26-9-5-6-10-30(26)45(31)33(27)34(39)43/h5-6,9-12,23,31,34-35,46H,4,7-8,13-22,24H2,1-3H3/b25-11+,28-12+. The third-order valence-corrected chi connectivity index (χ3v) is 13.9. The first-order valence-electron chi connectivity index (χ1n) is 18.0. The molecule has 0 bridgehead atoms. The van der Waals surface area contributed by atoms with E-state index < -0.39 is 11.3 Å². The van der Waals surface area contributed by atoms with E-state index in [0.29, 0.717) is 24.3 Å². The van der Waals surface area contributed by atoms with Gasteiger partial charge in [0.2, 0.25) is 0 Å². The molecule has 46 heavy (non-hydrogen) atoms. The second-order valence-electron chi connectivity index (χ2n) is 15.9. The average molecular weight is 627 g/mol. The molecule has 6 unspecified atom stereocenters. The van der Waals surface area contributed by atoms with Gasteiger partial charge >= 0.3 is 0 Å². The van der Waals surface area contributed by atoms with Crippen molar-refractivity contribution in [3.05, 3.63) is 70.8 Å². The zero-order valence-electron chi connectivity index (χ0n) is 27.7. The van der Waals surface area contributed by atoms with Gasteiger partial charge in [0.15, 0.2) is 0 Å². The number of rotatable bonds is 5. The molecule has 2 aromatic rings. The molecule has 4 fully saturated rings. The molecule has 0 radical (unpaired) electrons. The molecule has 7 aliphatic rings. The highest BCUT2D eigenvalue weighted by atomic mass is 19.3. The van der Waals surface area contributed by atoms with E-state index in [1.165, 1.54) is 49.3 Å². The van der Waals surface area contributed by atoms with Crippen LogP contribution in [0.2, 0.25) is 0 Å². The number of aliphatic hydroxyl groups is 1. The Bertz CT molecular complexity index is 1740. The SMILES string of the molecule is CCC12CCCN3CCC4(C=C(/C(=C\C=C(/C)O)C5CC6(C(C)(F)F)CCCN7CCc8c(n5c5ccccc85)C76)N=C4CC1)C32. The Labute approximate surface area is 271 Å². The first kappa shape index (κ1) is 29.4. The number of piperidine rings is 2. The summed E-state index contributed by atoms with van der Waals surface area (Å²) in [6.07, 6.45) is 15.9. The fourth-order valence-corrected chi connectivity index (χ4v) is 12.0. The maximum absolute atomic E-state index is 16.4. The van der Waals surface area contributed by atoms with E-state index in [4.69, 9.17) is 4.99 Å². The number of aromatic nitrogens is 1. The van der Waals surface area contributed by atoms with Gasteiger partial charge in [-0.3, -0.25) is 14.8 Å². The van der Waals surface area contributed by atoms with Crippen LogP contribution in [0.15, 0.2) is 64.5 Å². The normalized spacial score (nSPS) is 37.5. The number of benzene rings is 1. The minimum absolute atomic E-state index is 0.0789. The summed E-state index contributed by atoms with van der Waals surface area (Å²) in [6, 6.07) is 8.43. The van der Waals surface area contributed by atoms with Crippen LogP contribution < -0.4 is 0 Å². The molecule has 9 rings (SSSR count). The number of hydrogen-bond acceptors (Lipinski definition) is 4. The predicted molar refractivity (Wildman–Crippen MR) is 179 cm³/mol. The Morgan fingerprint density at radius 2 is 1.83 bits per heavy atom. The molecule has 7 heteroatoms. The summed E-state index contributed by atoms with van der Waals surface area (Å²) in [5.74, 6) is -2.63. The summed E-state index contributed by atoms with van der Waals surface area (Å²) in [5.41, 5.74) is 5.81. The van der Waals surface area contributed by atoms with Crippen LogP contribution in [-0.4, -0.2) is 63.3 Å². The minimum Gasteiger partial charge on any atom is -0.513 e. The van der Waals surface area contributed by atoms with Crippen molar-refractivity contribution in [1.82, 2.24) is 14.4 Å². The molecule has 244 valence electrons. The second-order valence-corrected chi connectivity index (χ2v) is 15.9. The Morgan fingerprint density at radius 1 is 1.02 bits per heavy atom. The molecule has 7 heterocycles. The fourth-order valence-electron chi connectivity index (χ4n) is 12.0. The summed E-state index contributed by atoms with van der Waals surface area (Å²) < 4.78 is 35.3. The van der Waals surface area contributed by atoms with Crippen molar-refractivity contribution in [2.45, 2.75) is 109 Å². The van der Waals surface area contributed by atoms with Crippen LogP contribution in [0.25, 0.3) is 10.9 Å². The number of alkyl halides is 2. The van der Waals surface area contributed by atoms with Crippen molar-refractivity contribution in [3.63, 3.8) is 0 Å². The van der Waals surface area contributed by atoms with Gasteiger partial charge in [-0.2, -0.15) is 0 Å². The Morgan fingerprint density at radius 3 is 2.63 bits per heavy atom. The number of aliphatic imine (C=N–C) groups is 1. The van der Waals surface area contributed by atoms with Crippen LogP contribution in [0.3, 0.4) is 0 Å². The minimum atomic E-state index is -2.85. The lowest BCUT2D eigenvalue weighted by molar-refractivity contribution is -0.186. The van der Waals surface area contributed by atoms with Gasteiger partial charge in [-0.25, -0.2) is 8.78 Å². The first-order chi connectivity index (χ1) is 22.1. The summed E-state index contributed by atoms with van der Waals surface area (Å²) in [7, 11) is 0. The van der Waals surface area contributed by atoms with Crippen LogP contribution in [0, 0.1) is 16.2 Å². The van der Waals surface area contributed by atoms with Crippen molar-refractivity contribution in [1.29, 1.82) is 0 Å². The van der Waals surface area contributed by atoms with Gasteiger partial charge in [0.1, 0.15) is 0 Å². The van der Waals surface area contributed by atoms with E-state index in [2.05, 4.69) is 51.6 Å². The summed E-state index contributed by atoms with van der Waals surface area (Å²) in [5, 5.41) is 11.7. The topological polar surface area (TPSA) is 44.0 Å². The molecule has 0 amide bonds. The molecular formula is C39H48F2N4O. The van der Waals surface area contributed by atoms with Crippen molar-refractivity contribution in [3.8, 4) is 0 Å². The number of fused-ring (bicyclic) bond motifs is 3. The van der Waals surface area contributed by atoms with Gasteiger partial charge in [-0.05, 0) is 127 Å². The molecule has 3 saturated heterocycles. The number of para-hydroxylation sites is 1. The summed E-state index contributed by atoms with van der Waals surface area (Å²) in [6.45, 7) is 9.24. The first-order valence-corrected chi connectivity index (χ1v) is 18.0. The lowest BCUT2D eigenvalue weighted by Gasteiger charge is -2.58. The van der Waals surface area contributed by atoms with Crippen LogP contribution in [0.4, 0.5) is 8.78 Å². The summed E-state index contributed by atoms with van der Waals surface area (Å²) in [4.78, 5) is 10.7. The van der Waals surface area contributed by atoms with Crippen molar-refractivity contribution in [2.24, 2.45) is 21.2 Å². The predicted octanol–water partition coefficient (Wildman–Crippen LogP) is 8.69. The van der Waals surface area contributed by atoms with E-state index >= 15 is 8.78 Å². The van der Waals surface area contributed by atoms with E-state index in [1.807, 2.05) is 6.08 Å². The Balaban J connectivity index is 1.28. The van der Waals surface area contributed by atoms with Gasteiger partial charge in [0.25, 0.3) is 5.92 Å². The lowest BCUT2D eigenvalue weighted by Crippen LogP contribution is -2.59. The van der Waals surface area contributed by atoms with Crippen LogP contribution in [-0.2, 0) is 6.42 Å². The van der Waals surface area contributed by atoms with Gasteiger partial charge in [0.05, 0.1) is 29.0 Å². The maximum atomic E-state index is 16.4. The molecule has 1 aromatic heterocycles. The largest absolute Gasteiger partial charge is 0.513 e. The molecule has 1 saturated carbocycles. The Kier molecular flexibility index (Phi) is 6.31. The van der Waals surface area contributed by atoms with Gasteiger partial charge < -0.3 is 9.67 Å². The number of allylic oxidation sites excluding steroid dienone is 4. The molecule has 6 aliphatic heterocycles. The van der Waals surface area contributed by atoms with E-state index in [-0.39, 0.29) is 23.3 Å². The van der Waals surface area contributed by atoms with Gasteiger partial charge in [-0.1, -0.05) is 31.2 Å². The third kappa shape index (κ3) is 3.70. The maximum Gasteiger partial charge on any atom is 0.252 e. The number of nitrogens with zero attached hydrogens (tertiary/aromatic N) is 4. The number of halogens is 2. The highest BCUT2D eigenvalue weighted by Gasteiger charge is 2.65. The highest BCUT2D eigenvalue weighted by Crippen LogP contribution is 2.66. The molecule has 1 spiro atoms. The zero-order valence-corrected chi connectivity index (χ0v) is 27.7. The monoisotopic (exact) mass is 626 g/mol. The number of aliphatic hydroxyl groups excluding tert-OH is 1. The zero-order chi connectivity index (χ0) is 31.6. The van der Waals surface area contributed by atoms with Gasteiger partial charge in [0, 0.05) is 45.9 Å². The fraction of sp³-hybridized carbons (Fsp3) is 0.615. The quantitative estimate of drug-likeness (QED) is 0.267. The molecule has 1 aliphatic carbocycles. The lowest BCUT2D eigenvalue weighted by atomic mass is 9.54. The van der Waals surface area contributed by atoms with Crippen LogP contribution in [0.5, 0.6) is 0 Å². The Hall–Kier alpha value is -2.77. The molecule has 1 N–H and O–H groups in total. The average Bonchev–Trinajstić information content (AvgIpc) is 3.72. The summed E-state index contributed by atoms with van der Waals surface area (Å²) >= 11 is 0. The molecule has 1 aromatic carbocycles.